The Morgan fingerprint density at radius 2 is 1.87 bits per heavy atom. The molecule has 2 rings (SSSR count). The summed E-state index contributed by atoms with van der Waals surface area (Å²) in [6.07, 6.45) is 1.05. The van der Waals surface area contributed by atoms with E-state index in [-0.39, 0.29) is 18.9 Å². The van der Waals surface area contributed by atoms with E-state index in [4.69, 9.17) is 4.74 Å². The summed E-state index contributed by atoms with van der Waals surface area (Å²) >= 11 is 0. The van der Waals surface area contributed by atoms with Gasteiger partial charge in [0.05, 0.1) is 0 Å². The number of benzene rings is 1. The highest BCUT2D eigenvalue weighted by Gasteiger charge is 2.33. The Morgan fingerprint density at radius 1 is 1.26 bits per heavy atom. The van der Waals surface area contributed by atoms with Gasteiger partial charge in [-0.1, -0.05) is 26.0 Å². The van der Waals surface area contributed by atoms with Gasteiger partial charge in [0, 0.05) is 26.7 Å². The average molecular weight is 344 g/mol. The maximum absolute atomic E-state index is 13.5. The molecule has 0 aromatic heterocycles. The molecule has 7 heteroatoms. The van der Waals surface area contributed by atoms with E-state index < -0.39 is 16.0 Å². The van der Waals surface area contributed by atoms with Crippen molar-refractivity contribution in [2.24, 2.45) is 11.8 Å². The van der Waals surface area contributed by atoms with Crippen LogP contribution < -0.4 is 4.74 Å². The number of ether oxygens (including phenoxy) is 1. The average Bonchev–Trinajstić information content (AvgIpc) is 2.48. The van der Waals surface area contributed by atoms with Crippen molar-refractivity contribution >= 4 is 10.2 Å². The van der Waals surface area contributed by atoms with Gasteiger partial charge in [-0.25, -0.2) is 4.39 Å². The van der Waals surface area contributed by atoms with E-state index in [2.05, 4.69) is 13.8 Å². The van der Waals surface area contributed by atoms with Gasteiger partial charge in [0.2, 0.25) is 0 Å². The van der Waals surface area contributed by atoms with Gasteiger partial charge in [-0.15, -0.1) is 0 Å². The van der Waals surface area contributed by atoms with E-state index in [1.165, 1.54) is 27.8 Å². The van der Waals surface area contributed by atoms with Gasteiger partial charge in [0.1, 0.15) is 6.61 Å². The molecule has 0 spiro atoms. The Balaban J connectivity index is 1.91. The first kappa shape index (κ1) is 18.2. The summed E-state index contributed by atoms with van der Waals surface area (Å²) in [6, 6.07) is 6.09. The number of nitrogens with zero attached hydrogens (tertiary/aromatic N) is 2. The van der Waals surface area contributed by atoms with Crippen LogP contribution in [0.3, 0.4) is 0 Å². The predicted octanol–water partition coefficient (Wildman–Crippen LogP) is 2.36. The monoisotopic (exact) mass is 344 g/mol. The molecule has 0 aliphatic carbocycles. The summed E-state index contributed by atoms with van der Waals surface area (Å²) in [7, 11) is -1.97. The van der Waals surface area contributed by atoms with Gasteiger partial charge in [-0.05, 0) is 30.4 Å². The highest BCUT2D eigenvalue weighted by atomic mass is 32.2. The molecule has 0 amide bonds. The number of halogens is 1. The molecule has 1 heterocycles. The zero-order chi connectivity index (χ0) is 17.0. The summed E-state index contributed by atoms with van der Waals surface area (Å²) in [4.78, 5) is 0. The minimum atomic E-state index is -3.50. The van der Waals surface area contributed by atoms with Crippen molar-refractivity contribution in [3.8, 4) is 5.75 Å². The largest absolute Gasteiger partial charge is 0.489 e. The van der Waals surface area contributed by atoms with E-state index in [9.17, 15) is 12.8 Å². The van der Waals surface area contributed by atoms with Crippen LogP contribution in [-0.4, -0.2) is 50.3 Å². The zero-order valence-electron chi connectivity index (χ0n) is 13.9. The lowest BCUT2D eigenvalue weighted by Crippen LogP contribution is -2.49. The molecule has 2 unspecified atom stereocenters. The predicted molar refractivity (Wildman–Crippen MR) is 88.0 cm³/mol. The molecule has 1 aromatic rings. The zero-order valence-corrected chi connectivity index (χ0v) is 14.7. The van der Waals surface area contributed by atoms with Crippen molar-refractivity contribution in [2.75, 3.05) is 33.3 Å². The SMILES string of the molecule is CC1CC(C)CN(S(=O)(=O)N(C)CCOc2ccccc2F)C1. The maximum Gasteiger partial charge on any atom is 0.281 e. The molecule has 5 nitrogen and oxygen atoms in total. The van der Waals surface area contributed by atoms with Gasteiger partial charge >= 0.3 is 0 Å². The van der Waals surface area contributed by atoms with Gasteiger partial charge in [-0.3, -0.25) is 0 Å². The van der Waals surface area contributed by atoms with E-state index in [1.807, 2.05) is 0 Å². The first-order chi connectivity index (χ1) is 10.8. The normalized spacial score (nSPS) is 23.2. The van der Waals surface area contributed by atoms with Crippen LogP contribution in [0.5, 0.6) is 5.75 Å². The molecule has 1 aromatic carbocycles. The Morgan fingerprint density at radius 3 is 2.48 bits per heavy atom. The summed E-state index contributed by atoms with van der Waals surface area (Å²) in [5.74, 6) is 0.406. The fourth-order valence-electron chi connectivity index (χ4n) is 2.95. The number of piperidine rings is 1. The molecule has 0 bridgehead atoms. The molecular weight excluding hydrogens is 319 g/mol. The second kappa shape index (κ2) is 7.59. The molecule has 0 saturated carbocycles. The van der Waals surface area contributed by atoms with Crippen molar-refractivity contribution < 1.29 is 17.5 Å². The second-order valence-electron chi connectivity index (χ2n) is 6.37. The lowest BCUT2D eigenvalue weighted by Gasteiger charge is -2.36. The fraction of sp³-hybridized carbons (Fsp3) is 0.625. The molecule has 0 N–H and O–H groups in total. The van der Waals surface area contributed by atoms with Crippen molar-refractivity contribution in [3.63, 3.8) is 0 Å². The molecule has 1 aliphatic rings. The van der Waals surface area contributed by atoms with Crippen molar-refractivity contribution in [1.29, 1.82) is 0 Å². The molecule has 23 heavy (non-hydrogen) atoms. The summed E-state index contributed by atoms with van der Waals surface area (Å²) in [5.41, 5.74) is 0. The third-order valence-corrected chi connectivity index (χ3v) is 5.98. The first-order valence-corrected chi connectivity index (χ1v) is 9.29. The minimum Gasteiger partial charge on any atom is -0.489 e. The number of hydrogen-bond acceptors (Lipinski definition) is 3. The fourth-order valence-corrected chi connectivity index (χ4v) is 4.54. The quantitative estimate of drug-likeness (QED) is 0.796. The Kier molecular flexibility index (Phi) is 6.00. The maximum atomic E-state index is 13.5. The van der Waals surface area contributed by atoms with Crippen LogP contribution >= 0.6 is 0 Å². The number of likely N-dealkylation sites (N-methyl/N-ethyl adjacent to an activating group) is 1. The van der Waals surface area contributed by atoms with Crippen LogP contribution in [0, 0.1) is 17.7 Å². The third kappa shape index (κ3) is 4.65. The highest BCUT2D eigenvalue weighted by molar-refractivity contribution is 7.86. The van der Waals surface area contributed by atoms with Gasteiger partial charge in [-0.2, -0.15) is 17.0 Å². The smallest absolute Gasteiger partial charge is 0.281 e. The number of rotatable bonds is 6. The number of para-hydroxylation sites is 1. The van der Waals surface area contributed by atoms with Crippen LogP contribution in [-0.2, 0) is 10.2 Å². The van der Waals surface area contributed by atoms with Gasteiger partial charge in [0.25, 0.3) is 10.2 Å². The summed E-state index contributed by atoms with van der Waals surface area (Å²) < 4.78 is 46.8. The van der Waals surface area contributed by atoms with Crippen LogP contribution in [0.1, 0.15) is 20.3 Å². The standard InChI is InChI=1S/C16H25FN2O3S/c1-13-10-14(2)12-19(11-13)23(20,21)18(3)8-9-22-16-7-5-4-6-15(16)17/h4-7,13-14H,8-12H2,1-3H3. The molecule has 1 saturated heterocycles. The summed E-state index contributed by atoms with van der Waals surface area (Å²) in [6.45, 7) is 5.51. The molecule has 1 fully saturated rings. The molecule has 0 radical (unpaired) electrons. The van der Waals surface area contributed by atoms with Crippen LogP contribution in [0.4, 0.5) is 4.39 Å². The van der Waals surface area contributed by atoms with E-state index >= 15 is 0 Å². The van der Waals surface area contributed by atoms with Crippen LogP contribution in [0.2, 0.25) is 0 Å². The molecule has 1 aliphatic heterocycles. The first-order valence-electron chi connectivity index (χ1n) is 7.89. The Bertz CT molecular complexity index is 614. The van der Waals surface area contributed by atoms with E-state index in [1.54, 1.807) is 12.1 Å². The topological polar surface area (TPSA) is 49.9 Å². The van der Waals surface area contributed by atoms with E-state index in [0.29, 0.717) is 24.9 Å². The van der Waals surface area contributed by atoms with Crippen molar-refractivity contribution in [2.45, 2.75) is 20.3 Å². The van der Waals surface area contributed by atoms with Crippen molar-refractivity contribution in [1.82, 2.24) is 8.61 Å². The lowest BCUT2D eigenvalue weighted by molar-refractivity contribution is 0.206. The molecule has 130 valence electrons. The van der Waals surface area contributed by atoms with Gasteiger partial charge in [0.15, 0.2) is 11.6 Å². The lowest BCUT2D eigenvalue weighted by atomic mass is 9.94. The molecular formula is C16H25FN2O3S. The van der Waals surface area contributed by atoms with Gasteiger partial charge < -0.3 is 4.74 Å². The summed E-state index contributed by atoms with van der Waals surface area (Å²) in [5, 5.41) is 0. The third-order valence-electron chi connectivity index (χ3n) is 4.06. The van der Waals surface area contributed by atoms with Crippen LogP contribution in [0.15, 0.2) is 24.3 Å². The second-order valence-corrected chi connectivity index (χ2v) is 8.41. The molecule has 2 atom stereocenters. The Labute approximate surface area is 138 Å². The Hall–Kier alpha value is -1.18. The van der Waals surface area contributed by atoms with Crippen LogP contribution in [0.25, 0.3) is 0 Å². The van der Waals surface area contributed by atoms with Crippen molar-refractivity contribution in [3.05, 3.63) is 30.1 Å². The minimum absolute atomic E-state index is 0.107. The van der Waals surface area contributed by atoms with E-state index in [0.717, 1.165) is 6.42 Å². The number of hydrogen-bond donors (Lipinski definition) is 0. The highest BCUT2D eigenvalue weighted by Crippen LogP contribution is 2.24.